The van der Waals surface area contributed by atoms with Crippen LogP contribution in [0.2, 0.25) is 0 Å². The molecule has 0 bridgehead atoms. The zero-order valence-corrected chi connectivity index (χ0v) is 23.7. The molecule has 40 heavy (non-hydrogen) atoms. The standard InChI is InChI=1S/C29H33FN6O3S/c1-20(21-4-7-23(30)8-5-21)36-19-31-14-24(36)16-34-10-11-35(28(37)18-34)17-26-15-33-29(40-26)32-13-22-6-9-25(38-2)12-27(22)39-3/h4-9,12,14-15,19-20H,10-11,13,16-18H2,1-3H3,(H,32,33)/t20-/m1/s1. The maximum absolute atomic E-state index is 13.4. The van der Waals surface area contributed by atoms with Crippen molar-refractivity contribution in [1.29, 1.82) is 0 Å². The second-order valence-electron chi connectivity index (χ2n) is 9.71. The first-order chi connectivity index (χ1) is 19.4. The predicted molar refractivity (Wildman–Crippen MR) is 152 cm³/mol. The Balaban J connectivity index is 1.13. The van der Waals surface area contributed by atoms with E-state index in [4.69, 9.17) is 9.47 Å². The number of benzene rings is 2. The third-order valence-electron chi connectivity index (χ3n) is 7.12. The van der Waals surface area contributed by atoms with E-state index in [1.165, 1.54) is 12.1 Å². The number of imidazole rings is 1. The first-order valence-electron chi connectivity index (χ1n) is 13.1. The van der Waals surface area contributed by atoms with Crippen LogP contribution in [0.25, 0.3) is 0 Å². The quantitative estimate of drug-likeness (QED) is 0.286. The number of thiazole rings is 1. The van der Waals surface area contributed by atoms with E-state index in [0.717, 1.165) is 44.9 Å². The number of nitrogens with one attached hydrogen (secondary N) is 1. The number of hydrogen-bond donors (Lipinski definition) is 1. The van der Waals surface area contributed by atoms with Gasteiger partial charge < -0.3 is 24.3 Å². The van der Waals surface area contributed by atoms with Gasteiger partial charge in [0.1, 0.15) is 17.3 Å². The van der Waals surface area contributed by atoms with Crippen molar-refractivity contribution in [3.05, 3.63) is 88.7 Å². The highest BCUT2D eigenvalue weighted by molar-refractivity contribution is 7.15. The Morgan fingerprint density at radius 2 is 1.90 bits per heavy atom. The van der Waals surface area contributed by atoms with Crippen LogP contribution in [0, 0.1) is 5.82 Å². The van der Waals surface area contributed by atoms with Gasteiger partial charge in [-0.05, 0) is 36.8 Å². The summed E-state index contributed by atoms with van der Waals surface area (Å²) < 4.78 is 26.2. The van der Waals surface area contributed by atoms with Crippen molar-refractivity contribution in [2.45, 2.75) is 32.6 Å². The number of hydrogen-bond acceptors (Lipinski definition) is 8. The zero-order chi connectivity index (χ0) is 28.1. The third-order valence-corrected chi connectivity index (χ3v) is 8.06. The lowest BCUT2D eigenvalue weighted by Gasteiger charge is -2.34. The molecule has 0 aliphatic carbocycles. The van der Waals surface area contributed by atoms with Crippen molar-refractivity contribution in [2.75, 3.05) is 39.2 Å². The van der Waals surface area contributed by atoms with Crippen LogP contribution in [0.15, 0.2) is 61.2 Å². The first-order valence-corrected chi connectivity index (χ1v) is 13.9. The van der Waals surface area contributed by atoms with Crippen molar-refractivity contribution >= 4 is 22.4 Å². The summed E-state index contributed by atoms with van der Waals surface area (Å²) in [6, 6.07) is 12.3. The molecule has 1 atom stereocenters. The third kappa shape index (κ3) is 6.43. The van der Waals surface area contributed by atoms with Crippen molar-refractivity contribution in [3.63, 3.8) is 0 Å². The Morgan fingerprint density at radius 1 is 1.07 bits per heavy atom. The molecular weight excluding hydrogens is 531 g/mol. The molecular formula is C29H33FN6O3S. The van der Waals surface area contributed by atoms with Crippen LogP contribution < -0.4 is 14.8 Å². The van der Waals surface area contributed by atoms with Gasteiger partial charge in [0.05, 0.1) is 45.4 Å². The summed E-state index contributed by atoms with van der Waals surface area (Å²) in [6.07, 6.45) is 5.46. The Bertz CT molecular complexity index is 1440. The van der Waals surface area contributed by atoms with Crippen LogP contribution in [0.1, 0.15) is 34.7 Å². The number of piperazine rings is 1. The fraction of sp³-hybridized carbons (Fsp3) is 0.345. The molecule has 9 nitrogen and oxygen atoms in total. The SMILES string of the molecule is COc1ccc(CNc2ncc(CN3CCN(Cc4cncn4[C@H](C)c4ccc(F)cc4)CC3=O)s2)c(OC)c1. The first kappa shape index (κ1) is 27.6. The summed E-state index contributed by atoms with van der Waals surface area (Å²) in [6.45, 7) is 5.54. The van der Waals surface area contributed by atoms with E-state index in [-0.39, 0.29) is 17.8 Å². The topological polar surface area (TPSA) is 84.8 Å². The summed E-state index contributed by atoms with van der Waals surface area (Å²) in [5.74, 6) is 1.33. The van der Waals surface area contributed by atoms with Gasteiger partial charge in [-0.2, -0.15) is 0 Å². The lowest BCUT2D eigenvalue weighted by Crippen LogP contribution is -2.49. The Labute approximate surface area is 237 Å². The van der Waals surface area contributed by atoms with E-state index >= 15 is 0 Å². The van der Waals surface area contributed by atoms with Crippen molar-refractivity contribution in [3.8, 4) is 11.5 Å². The predicted octanol–water partition coefficient (Wildman–Crippen LogP) is 4.56. The van der Waals surface area contributed by atoms with Gasteiger partial charge in [0.15, 0.2) is 5.13 Å². The molecule has 0 saturated carbocycles. The second kappa shape index (κ2) is 12.5. The summed E-state index contributed by atoms with van der Waals surface area (Å²) in [7, 11) is 3.27. The lowest BCUT2D eigenvalue weighted by atomic mass is 10.1. The van der Waals surface area contributed by atoms with E-state index in [0.29, 0.717) is 32.7 Å². The highest BCUT2D eigenvalue weighted by Crippen LogP contribution is 2.27. The largest absolute Gasteiger partial charge is 0.497 e. The van der Waals surface area contributed by atoms with Crippen molar-refractivity contribution < 1.29 is 18.7 Å². The number of amides is 1. The van der Waals surface area contributed by atoms with E-state index in [1.807, 2.05) is 35.5 Å². The van der Waals surface area contributed by atoms with Crippen LogP contribution >= 0.6 is 11.3 Å². The summed E-state index contributed by atoms with van der Waals surface area (Å²) in [5, 5.41) is 4.14. The van der Waals surface area contributed by atoms with Gasteiger partial charge in [0.2, 0.25) is 5.91 Å². The maximum atomic E-state index is 13.4. The minimum absolute atomic E-state index is 0.00929. The van der Waals surface area contributed by atoms with Gasteiger partial charge in [0.25, 0.3) is 0 Å². The second-order valence-corrected chi connectivity index (χ2v) is 10.8. The summed E-state index contributed by atoms with van der Waals surface area (Å²) in [4.78, 5) is 26.9. The minimum atomic E-state index is -0.252. The van der Waals surface area contributed by atoms with Crippen LogP contribution in [-0.2, 0) is 24.4 Å². The molecule has 11 heteroatoms. The van der Waals surface area contributed by atoms with E-state index < -0.39 is 0 Å². The normalized spacial score (nSPS) is 14.8. The van der Waals surface area contributed by atoms with Gasteiger partial charge in [-0.3, -0.25) is 9.69 Å². The molecule has 0 unspecified atom stereocenters. The number of methoxy groups -OCH3 is 2. The fourth-order valence-corrected chi connectivity index (χ4v) is 5.64. The summed E-state index contributed by atoms with van der Waals surface area (Å²) >= 11 is 1.55. The van der Waals surface area contributed by atoms with Crippen molar-refractivity contribution in [1.82, 2.24) is 24.3 Å². The monoisotopic (exact) mass is 564 g/mol. The molecule has 1 aliphatic heterocycles. The molecule has 4 aromatic rings. The Hall–Kier alpha value is -3.96. The van der Waals surface area contributed by atoms with Crippen molar-refractivity contribution in [2.24, 2.45) is 0 Å². The number of aromatic nitrogens is 3. The van der Waals surface area contributed by atoms with Crippen LogP contribution in [0.3, 0.4) is 0 Å². The molecule has 0 radical (unpaired) electrons. The highest BCUT2D eigenvalue weighted by atomic mass is 32.1. The molecule has 5 rings (SSSR count). The Morgan fingerprint density at radius 3 is 2.65 bits per heavy atom. The van der Waals surface area contributed by atoms with Gasteiger partial charge in [0, 0.05) is 55.1 Å². The lowest BCUT2D eigenvalue weighted by molar-refractivity contribution is -0.136. The van der Waals surface area contributed by atoms with E-state index in [9.17, 15) is 9.18 Å². The number of carbonyl (C=O) groups is 1. The molecule has 210 valence electrons. The van der Waals surface area contributed by atoms with Crippen LogP contribution in [0.4, 0.5) is 9.52 Å². The minimum Gasteiger partial charge on any atom is -0.497 e. The molecule has 2 aromatic heterocycles. The average molecular weight is 565 g/mol. The molecule has 1 N–H and O–H groups in total. The average Bonchev–Trinajstić information content (AvgIpc) is 3.62. The van der Waals surface area contributed by atoms with E-state index in [1.54, 1.807) is 44.0 Å². The molecule has 1 amide bonds. The summed E-state index contributed by atoms with van der Waals surface area (Å²) in [5.41, 5.74) is 3.02. The van der Waals surface area contributed by atoms with Crippen LogP contribution in [-0.4, -0.2) is 64.1 Å². The van der Waals surface area contributed by atoms with Gasteiger partial charge in [-0.25, -0.2) is 14.4 Å². The number of halogens is 1. The number of ether oxygens (including phenoxy) is 2. The maximum Gasteiger partial charge on any atom is 0.237 e. The molecule has 2 aromatic carbocycles. The zero-order valence-electron chi connectivity index (χ0n) is 22.8. The smallest absolute Gasteiger partial charge is 0.237 e. The van der Waals surface area contributed by atoms with E-state index in [2.05, 4.69) is 31.7 Å². The number of carbonyl (C=O) groups excluding carboxylic acids is 1. The highest BCUT2D eigenvalue weighted by Gasteiger charge is 2.26. The molecule has 1 fully saturated rings. The molecule has 1 saturated heterocycles. The Kier molecular flexibility index (Phi) is 8.61. The van der Waals surface area contributed by atoms with Gasteiger partial charge >= 0.3 is 0 Å². The van der Waals surface area contributed by atoms with Crippen LogP contribution in [0.5, 0.6) is 11.5 Å². The molecule has 0 spiro atoms. The molecule has 3 heterocycles. The number of rotatable bonds is 11. The van der Waals surface area contributed by atoms with Gasteiger partial charge in [-0.1, -0.05) is 12.1 Å². The fourth-order valence-electron chi connectivity index (χ4n) is 4.81. The molecule has 1 aliphatic rings. The van der Waals surface area contributed by atoms with Gasteiger partial charge in [-0.15, -0.1) is 11.3 Å². The number of nitrogens with zero attached hydrogens (tertiary/aromatic N) is 5. The number of anilines is 1.